The molecule has 0 amide bonds. The summed E-state index contributed by atoms with van der Waals surface area (Å²) < 4.78 is 27.3. The molecule has 3 aromatic carbocycles. The maximum Gasteiger partial charge on any atom is 0.338 e. The average molecular weight is 599 g/mol. The molecule has 0 aromatic heterocycles. The maximum atomic E-state index is 12.3. The molecule has 0 aliphatic carbocycles. The van der Waals surface area contributed by atoms with E-state index in [1.54, 1.807) is 32.9 Å². The highest BCUT2D eigenvalue weighted by atomic mass is 16.5. The van der Waals surface area contributed by atoms with Crippen molar-refractivity contribution in [2.75, 3.05) is 26.4 Å². The number of rotatable bonds is 16. The number of hydrogen-bond acceptors (Lipinski definition) is 8. The van der Waals surface area contributed by atoms with E-state index in [4.69, 9.17) is 23.7 Å². The molecule has 0 aliphatic rings. The van der Waals surface area contributed by atoms with Crippen molar-refractivity contribution in [3.63, 3.8) is 0 Å². The molecule has 0 N–H and O–H groups in total. The zero-order chi connectivity index (χ0) is 32.1. The molecule has 0 saturated heterocycles. The first-order chi connectivity index (χ1) is 21.0. The van der Waals surface area contributed by atoms with Crippen molar-refractivity contribution < 1.29 is 38.1 Å². The van der Waals surface area contributed by atoms with Crippen molar-refractivity contribution in [2.24, 2.45) is 0 Å². The van der Waals surface area contributed by atoms with Crippen LogP contribution in [0.3, 0.4) is 0 Å². The monoisotopic (exact) mass is 598 g/mol. The van der Waals surface area contributed by atoms with Crippen LogP contribution in [0.1, 0.15) is 33.6 Å². The Bertz CT molecular complexity index is 1400. The Kier molecular flexibility index (Phi) is 12.5. The van der Waals surface area contributed by atoms with Crippen LogP contribution in [0.5, 0.6) is 17.2 Å². The van der Waals surface area contributed by atoms with E-state index >= 15 is 0 Å². The van der Waals surface area contributed by atoms with Crippen molar-refractivity contribution in [3.05, 3.63) is 103 Å². The van der Waals surface area contributed by atoms with Crippen molar-refractivity contribution in [1.29, 1.82) is 0 Å². The summed E-state index contributed by atoms with van der Waals surface area (Å²) in [5.41, 5.74) is 4.50. The first-order valence-corrected chi connectivity index (χ1v) is 14.2. The smallest absolute Gasteiger partial charge is 0.338 e. The molecule has 0 atom stereocenters. The fraction of sp³-hybridized carbons (Fsp3) is 0.250. The summed E-state index contributed by atoms with van der Waals surface area (Å²) in [4.78, 5) is 35.3. The Morgan fingerprint density at radius 3 is 1.25 bits per heavy atom. The van der Waals surface area contributed by atoms with Gasteiger partial charge in [-0.3, -0.25) is 0 Å². The first-order valence-electron chi connectivity index (χ1n) is 14.2. The number of ether oxygens (including phenoxy) is 5. The third-order valence-corrected chi connectivity index (χ3v) is 6.12. The zero-order valence-electron chi connectivity index (χ0n) is 25.5. The van der Waals surface area contributed by atoms with Crippen LogP contribution >= 0.6 is 0 Å². The Morgan fingerprint density at radius 2 is 0.886 bits per heavy atom. The molecule has 44 heavy (non-hydrogen) atoms. The Hall–Kier alpha value is -5.11. The highest BCUT2D eigenvalue weighted by molar-refractivity contribution is 5.89. The topological polar surface area (TPSA) is 97.4 Å². The van der Waals surface area contributed by atoms with Crippen LogP contribution in [0.2, 0.25) is 0 Å². The number of esters is 3. The van der Waals surface area contributed by atoms with Gasteiger partial charge >= 0.3 is 17.9 Å². The molecule has 8 heteroatoms. The number of hydrogen-bond donors (Lipinski definition) is 0. The van der Waals surface area contributed by atoms with Gasteiger partial charge in [-0.15, -0.1) is 0 Å². The number of carbonyl (C=O) groups excluding carboxylic acids is 3. The second-order valence-corrected chi connectivity index (χ2v) is 10.2. The van der Waals surface area contributed by atoms with Crippen LogP contribution in [0, 0.1) is 0 Å². The van der Waals surface area contributed by atoms with Crippen LogP contribution in [-0.4, -0.2) is 44.3 Å². The van der Waals surface area contributed by atoms with Crippen molar-refractivity contribution in [1.82, 2.24) is 0 Å². The van der Waals surface area contributed by atoms with Gasteiger partial charge in [-0.05, 0) is 85.5 Å². The molecular weight excluding hydrogens is 560 g/mol. The fourth-order valence-corrected chi connectivity index (χ4v) is 3.75. The molecule has 0 heterocycles. The van der Waals surface area contributed by atoms with E-state index in [1.165, 1.54) is 0 Å². The van der Waals surface area contributed by atoms with Gasteiger partial charge in [-0.1, -0.05) is 44.0 Å². The lowest BCUT2D eigenvalue weighted by Crippen LogP contribution is -2.09. The number of benzene rings is 3. The zero-order valence-corrected chi connectivity index (χ0v) is 25.5. The van der Waals surface area contributed by atoms with E-state index in [9.17, 15) is 14.4 Å². The summed E-state index contributed by atoms with van der Waals surface area (Å²) >= 11 is 0. The molecule has 0 spiro atoms. The van der Waals surface area contributed by atoms with Crippen LogP contribution in [0.25, 0.3) is 22.3 Å². The van der Waals surface area contributed by atoms with Crippen molar-refractivity contribution in [2.45, 2.75) is 33.6 Å². The van der Waals surface area contributed by atoms with Gasteiger partial charge < -0.3 is 23.7 Å². The second kappa shape index (κ2) is 16.5. The maximum absolute atomic E-state index is 12.3. The van der Waals surface area contributed by atoms with Gasteiger partial charge in [0.15, 0.2) is 0 Å². The molecule has 0 unspecified atom stereocenters. The molecular formula is C36H38O8. The van der Waals surface area contributed by atoms with E-state index in [0.717, 1.165) is 22.3 Å². The predicted octanol–water partition coefficient (Wildman–Crippen LogP) is 7.28. The molecule has 3 aromatic rings. The summed E-state index contributed by atoms with van der Waals surface area (Å²) in [6.07, 6.45) is 1.10. The normalized spacial score (nSPS) is 10.3. The Labute approximate surface area is 258 Å². The van der Waals surface area contributed by atoms with Crippen molar-refractivity contribution in [3.8, 4) is 39.5 Å². The minimum absolute atomic E-state index is 0.252. The lowest BCUT2D eigenvalue weighted by atomic mass is 9.98. The van der Waals surface area contributed by atoms with E-state index in [1.807, 2.05) is 54.6 Å². The lowest BCUT2D eigenvalue weighted by molar-refractivity contribution is -0.140. The minimum atomic E-state index is -0.511. The standard InChI is InChI=1S/C36H38O8/c1-24(2)34(37)42-19-7-17-40-31-13-9-27(10-14-31)29-21-30(23-33(22-29)44-36(39)26(5)6)28-11-15-32(16-12-28)41-18-8-20-43-35(38)25(3)4/h9-16,21-23H,1,3,5,7-8,17-20H2,2,4,6H3. The largest absolute Gasteiger partial charge is 0.493 e. The van der Waals surface area contributed by atoms with Gasteiger partial charge in [0.2, 0.25) is 0 Å². The summed E-state index contributed by atoms with van der Waals surface area (Å²) in [6, 6.07) is 20.7. The Morgan fingerprint density at radius 1 is 0.500 bits per heavy atom. The van der Waals surface area contributed by atoms with E-state index in [0.29, 0.717) is 60.0 Å². The molecule has 8 nitrogen and oxygen atoms in total. The molecule has 230 valence electrons. The molecule has 0 saturated carbocycles. The Balaban J connectivity index is 1.69. The van der Waals surface area contributed by atoms with Gasteiger partial charge in [0.05, 0.1) is 26.4 Å². The number of carbonyl (C=O) groups is 3. The lowest BCUT2D eigenvalue weighted by Gasteiger charge is -2.13. The molecule has 0 bridgehead atoms. The first kappa shape index (κ1) is 33.4. The second-order valence-electron chi connectivity index (χ2n) is 10.2. The fourth-order valence-electron chi connectivity index (χ4n) is 3.75. The minimum Gasteiger partial charge on any atom is -0.493 e. The van der Waals surface area contributed by atoms with Gasteiger partial charge in [0, 0.05) is 29.6 Å². The molecule has 0 aliphatic heterocycles. The highest BCUT2D eigenvalue weighted by Crippen LogP contribution is 2.33. The van der Waals surface area contributed by atoms with Crippen molar-refractivity contribution >= 4 is 17.9 Å². The molecule has 0 radical (unpaired) electrons. The molecule has 3 rings (SSSR count). The van der Waals surface area contributed by atoms with Crippen LogP contribution in [0.4, 0.5) is 0 Å². The van der Waals surface area contributed by atoms with Crippen LogP contribution < -0.4 is 14.2 Å². The third-order valence-electron chi connectivity index (χ3n) is 6.12. The quantitative estimate of drug-likeness (QED) is 0.0735. The van der Waals surface area contributed by atoms with Crippen LogP contribution in [-0.2, 0) is 23.9 Å². The van der Waals surface area contributed by atoms with Gasteiger partial charge in [-0.25, -0.2) is 14.4 Å². The van der Waals surface area contributed by atoms with Gasteiger partial charge in [-0.2, -0.15) is 0 Å². The average Bonchev–Trinajstić information content (AvgIpc) is 3.00. The predicted molar refractivity (Wildman–Crippen MR) is 170 cm³/mol. The van der Waals surface area contributed by atoms with Gasteiger partial charge in [0.1, 0.15) is 17.2 Å². The van der Waals surface area contributed by atoms with Crippen LogP contribution in [0.15, 0.2) is 103 Å². The SMILES string of the molecule is C=C(C)C(=O)OCCCOc1ccc(-c2cc(OC(=O)C(=C)C)cc(-c3ccc(OCCCOC(=O)C(=C)C)cc3)c2)cc1. The summed E-state index contributed by atoms with van der Waals surface area (Å²) in [5, 5.41) is 0. The summed E-state index contributed by atoms with van der Waals surface area (Å²) in [6.45, 7) is 16.9. The highest BCUT2D eigenvalue weighted by Gasteiger charge is 2.12. The summed E-state index contributed by atoms with van der Waals surface area (Å²) in [5.74, 6) is 0.405. The van der Waals surface area contributed by atoms with E-state index < -0.39 is 17.9 Å². The van der Waals surface area contributed by atoms with E-state index in [2.05, 4.69) is 19.7 Å². The van der Waals surface area contributed by atoms with E-state index in [-0.39, 0.29) is 13.2 Å². The third kappa shape index (κ3) is 10.6. The molecule has 0 fully saturated rings. The summed E-state index contributed by atoms with van der Waals surface area (Å²) in [7, 11) is 0. The van der Waals surface area contributed by atoms with Gasteiger partial charge in [0.25, 0.3) is 0 Å².